The van der Waals surface area contributed by atoms with Crippen LogP contribution in [-0.4, -0.2) is 37.7 Å². The highest BCUT2D eigenvalue weighted by Gasteiger charge is 2.25. The first-order chi connectivity index (χ1) is 13.1. The maximum atomic E-state index is 13.6. The quantitative estimate of drug-likeness (QED) is 0.724. The van der Waals surface area contributed by atoms with Gasteiger partial charge in [0.1, 0.15) is 0 Å². The Morgan fingerprint density at radius 3 is 2.93 bits per heavy atom. The smallest absolute Gasteiger partial charge is 0.222 e. The molecule has 8 heteroatoms. The first kappa shape index (κ1) is 17.4. The second-order valence-electron chi connectivity index (χ2n) is 6.68. The summed E-state index contributed by atoms with van der Waals surface area (Å²) in [6, 6.07) is 3.73. The minimum absolute atomic E-state index is 0.0848. The van der Waals surface area contributed by atoms with Crippen molar-refractivity contribution in [3.05, 3.63) is 59.0 Å². The number of nitrogens with one attached hydrogen (secondary N) is 2. The third kappa shape index (κ3) is 3.60. The van der Waals surface area contributed by atoms with E-state index in [-0.39, 0.29) is 5.91 Å². The Morgan fingerprint density at radius 1 is 1.26 bits per heavy atom. The van der Waals surface area contributed by atoms with Gasteiger partial charge in [-0.15, -0.1) is 0 Å². The number of aromatic amines is 2. The number of aryl methyl sites for hydroxylation is 1. The van der Waals surface area contributed by atoms with Crippen molar-refractivity contribution in [3.8, 4) is 11.3 Å². The number of hydrogen-bond donors (Lipinski definition) is 2. The Labute approximate surface area is 154 Å². The van der Waals surface area contributed by atoms with Crippen molar-refractivity contribution in [2.45, 2.75) is 32.2 Å². The predicted octanol–water partition coefficient (Wildman–Crippen LogP) is 2.99. The van der Waals surface area contributed by atoms with Crippen molar-refractivity contribution in [3.63, 3.8) is 0 Å². The number of carbonyl (C=O) groups is 1. The molecule has 0 fully saturated rings. The number of fused-ring (bicyclic) bond motifs is 1. The van der Waals surface area contributed by atoms with E-state index in [4.69, 9.17) is 0 Å². The van der Waals surface area contributed by atoms with Gasteiger partial charge in [-0.2, -0.15) is 10.2 Å². The summed E-state index contributed by atoms with van der Waals surface area (Å²) < 4.78 is 26.8. The molecule has 1 aromatic carbocycles. The molecule has 1 aliphatic rings. The number of halogens is 2. The fraction of sp³-hybridized carbons (Fsp3) is 0.316. The number of rotatable bonds is 5. The van der Waals surface area contributed by atoms with Crippen LogP contribution in [0.4, 0.5) is 8.78 Å². The highest BCUT2D eigenvalue weighted by Crippen LogP contribution is 2.29. The zero-order valence-corrected chi connectivity index (χ0v) is 14.6. The van der Waals surface area contributed by atoms with Gasteiger partial charge in [-0.05, 0) is 36.6 Å². The minimum atomic E-state index is -0.910. The van der Waals surface area contributed by atoms with Crippen LogP contribution in [0.5, 0.6) is 0 Å². The van der Waals surface area contributed by atoms with Crippen molar-refractivity contribution < 1.29 is 13.6 Å². The minimum Gasteiger partial charge on any atom is -0.338 e. The number of H-pyrrole nitrogens is 2. The molecule has 27 heavy (non-hydrogen) atoms. The molecule has 1 aliphatic heterocycles. The van der Waals surface area contributed by atoms with Crippen LogP contribution in [0.15, 0.2) is 30.6 Å². The lowest BCUT2D eigenvalue weighted by molar-refractivity contribution is -0.132. The van der Waals surface area contributed by atoms with Crippen LogP contribution in [0.2, 0.25) is 0 Å². The summed E-state index contributed by atoms with van der Waals surface area (Å²) in [5.74, 6) is -1.72. The number of aromatic nitrogens is 4. The van der Waals surface area contributed by atoms with Gasteiger partial charge in [0.2, 0.25) is 5.91 Å². The topological polar surface area (TPSA) is 77.7 Å². The van der Waals surface area contributed by atoms with E-state index in [1.54, 1.807) is 11.1 Å². The van der Waals surface area contributed by atoms with Crippen LogP contribution >= 0.6 is 0 Å². The standard InChI is InChI=1S/C19H19F2N5O/c20-15-5-4-13(8-16(15)21)19-14-11-26(7-6-17(14)24-25-19)18(27)3-1-2-12-9-22-23-10-12/h4-5,8-10H,1-3,6-7,11H2,(H,22,23)(H,24,25). The Balaban J connectivity index is 1.45. The van der Waals surface area contributed by atoms with E-state index in [0.717, 1.165) is 41.8 Å². The molecule has 3 heterocycles. The molecule has 0 unspecified atom stereocenters. The molecule has 4 rings (SSSR count). The summed E-state index contributed by atoms with van der Waals surface area (Å²) in [7, 11) is 0. The normalized spacial score (nSPS) is 13.6. The van der Waals surface area contributed by atoms with E-state index in [9.17, 15) is 13.6 Å². The zero-order valence-electron chi connectivity index (χ0n) is 14.6. The average molecular weight is 371 g/mol. The van der Waals surface area contributed by atoms with Gasteiger partial charge in [-0.3, -0.25) is 15.0 Å². The monoisotopic (exact) mass is 371 g/mol. The molecule has 3 aromatic rings. The fourth-order valence-electron chi connectivity index (χ4n) is 3.41. The fourth-order valence-corrected chi connectivity index (χ4v) is 3.41. The van der Waals surface area contributed by atoms with E-state index in [0.29, 0.717) is 37.2 Å². The molecule has 0 radical (unpaired) electrons. The predicted molar refractivity (Wildman–Crippen MR) is 94.6 cm³/mol. The molecular weight excluding hydrogens is 352 g/mol. The number of nitrogens with zero attached hydrogens (tertiary/aromatic N) is 3. The van der Waals surface area contributed by atoms with E-state index >= 15 is 0 Å². The summed E-state index contributed by atoms with van der Waals surface area (Å²) in [5.41, 5.74) is 3.97. The summed E-state index contributed by atoms with van der Waals surface area (Å²) in [5, 5.41) is 13.9. The van der Waals surface area contributed by atoms with Gasteiger partial charge in [0.25, 0.3) is 0 Å². The molecular formula is C19H19F2N5O. The second-order valence-corrected chi connectivity index (χ2v) is 6.68. The molecule has 6 nitrogen and oxygen atoms in total. The van der Waals surface area contributed by atoms with Crippen LogP contribution in [0, 0.1) is 11.6 Å². The molecule has 2 N–H and O–H groups in total. The Bertz CT molecular complexity index is 951. The lowest BCUT2D eigenvalue weighted by Gasteiger charge is -2.27. The van der Waals surface area contributed by atoms with Crippen molar-refractivity contribution in [2.75, 3.05) is 6.54 Å². The van der Waals surface area contributed by atoms with Gasteiger partial charge in [-0.1, -0.05) is 0 Å². The van der Waals surface area contributed by atoms with Crippen LogP contribution in [0.25, 0.3) is 11.3 Å². The third-order valence-electron chi connectivity index (χ3n) is 4.89. The molecule has 1 amide bonds. The largest absolute Gasteiger partial charge is 0.338 e. The number of carbonyl (C=O) groups excluding carboxylic acids is 1. The molecule has 0 spiro atoms. The van der Waals surface area contributed by atoms with E-state index < -0.39 is 11.6 Å². The molecule has 2 aromatic heterocycles. The van der Waals surface area contributed by atoms with Crippen LogP contribution in [0.3, 0.4) is 0 Å². The van der Waals surface area contributed by atoms with Crippen molar-refractivity contribution in [1.29, 1.82) is 0 Å². The summed E-state index contributed by atoms with van der Waals surface area (Å²) in [4.78, 5) is 14.4. The van der Waals surface area contributed by atoms with Gasteiger partial charge in [-0.25, -0.2) is 8.78 Å². The average Bonchev–Trinajstić information content (AvgIpc) is 3.33. The van der Waals surface area contributed by atoms with Gasteiger partial charge < -0.3 is 4.90 Å². The Hall–Kier alpha value is -3.03. The number of benzene rings is 1. The summed E-state index contributed by atoms with van der Waals surface area (Å²) >= 11 is 0. The van der Waals surface area contributed by atoms with Crippen LogP contribution in [0.1, 0.15) is 29.7 Å². The van der Waals surface area contributed by atoms with Gasteiger partial charge in [0.15, 0.2) is 11.6 Å². The molecule has 140 valence electrons. The first-order valence-electron chi connectivity index (χ1n) is 8.89. The van der Waals surface area contributed by atoms with Gasteiger partial charge in [0.05, 0.1) is 11.9 Å². The zero-order chi connectivity index (χ0) is 18.8. The lowest BCUT2D eigenvalue weighted by atomic mass is 10.0. The molecule has 0 aliphatic carbocycles. The van der Waals surface area contributed by atoms with E-state index in [1.165, 1.54) is 6.07 Å². The maximum absolute atomic E-state index is 13.6. The highest BCUT2D eigenvalue weighted by molar-refractivity contribution is 5.77. The molecule has 0 atom stereocenters. The first-order valence-corrected chi connectivity index (χ1v) is 8.89. The Kier molecular flexibility index (Phi) is 4.70. The Morgan fingerprint density at radius 2 is 2.15 bits per heavy atom. The maximum Gasteiger partial charge on any atom is 0.222 e. The molecule has 0 saturated carbocycles. The van der Waals surface area contributed by atoms with Crippen molar-refractivity contribution >= 4 is 5.91 Å². The second kappa shape index (κ2) is 7.30. The number of amides is 1. The van der Waals surface area contributed by atoms with Crippen LogP contribution in [-0.2, 0) is 24.2 Å². The van der Waals surface area contributed by atoms with E-state index in [2.05, 4.69) is 20.4 Å². The summed E-state index contributed by atoms with van der Waals surface area (Å²) in [6.45, 7) is 1.04. The van der Waals surface area contributed by atoms with Crippen LogP contribution < -0.4 is 0 Å². The van der Waals surface area contributed by atoms with Gasteiger partial charge in [0, 0.05) is 48.9 Å². The van der Waals surface area contributed by atoms with Gasteiger partial charge >= 0.3 is 0 Å². The van der Waals surface area contributed by atoms with Crippen molar-refractivity contribution in [2.24, 2.45) is 0 Å². The molecule has 0 bridgehead atoms. The summed E-state index contributed by atoms with van der Waals surface area (Å²) in [6.07, 6.45) is 6.27. The van der Waals surface area contributed by atoms with Crippen molar-refractivity contribution in [1.82, 2.24) is 25.3 Å². The lowest BCUT2D eigenvalue weighted by Crippen LogP contribution is -2.35. The highest BCUT2D eigenvalue weighted by atomic mass is 19.2. The molecule has 0 saturated heterocycles. The number of hydrogen-bond acceptors (Lipinski definition) is 3. The van der Waals surface area contributed by atoms with E-state index in [1.807, 2.05) is 6.20 Å². The third-order valence-corrected chi connectivity index (χ3v) is 4.89. The SMILES string of the molecule is O=C(CCCc1cn[nH]c1)N1CCc2[nH]nc(-c3ccc(F)c(F)c3)c2C1.